The van der Waals surface area contributed by atoms with Crippen LogP contribution in [-0.2, 0) is 11.3 Å². The molecule has 106 valence electrons. The zero-order valence-electron chi connectivity index (χ0n) is 12.8. The molecule has 0 bridgehead atoms. The van der Waals surface area contributed by atoms with E-state index in [4.69, 9.17) is 4.74 Å². The van der Waals surface area contributed by atoms with Gasteiger partial charge in [-0.3, -0.25) is 0 Å². The lowest BCUT2D eigenvalue weighted by molar-refractivity contribution is -0.0215. The van der Waals surface area contributed by atoms with Crippen LogP contribution in [0.25, 0.3) is 0 Å². The van der Waals surface area contributed by atoms with E-state index in [2.05, 4.69) is 58.5 Å². The lowest BCUT2D eigenvalue weighted by Crippen LogP contribution is -2.29. The first kappa shape index (κ1) is 16.0. The third-order valence-electron chi connectivity index (χ3n) is 3.58. The van der Waals surface area contributed by atoms with Crippen LogP contribution in [0.5, 0.6) is 0 Å². The molecule has 19 heavy (non-hydrogen) atoms. The van der Waals surface area contributed by atoms with Gasteiger partial charge in [0.15, 0.2) is 0 Å². The minimum Gasteiger partial charge on any atom is -0.373 e. The fraction of sp³-hybridized carbons (Fsp3) is 0.556. The molecule has 0 aromatic heterocycles. The van der Waals surface area contributed by atoms with E-state index in [1.165, 1.54) is 12.0 Å². The molecule has 3 atom stereocenters. The van der Waals surface area contributed by atoms with Gasteiger partial charge in [0.1, 0.15) is 0 Å². The van der Waals surface area contributed by atoms with Crippen molar-refractivity contribution < 1.29 is 4.74 Å². The van der Waals surface area contributed by atoms with Gasteiger partial charge in [-0.1, -0.05) is 64.1 Å². The second-order valence-corrected chi connectivity index (χ2v) is 5.96. The largest absolute Gasteiger partial charge is 0.373 e. The fourth-order valence-corrected chi connectivity index (χ4v) is 2.61. The van der Waals surface area contributed by atoms with Gasteiger partial charge in [0.2, 0.25) is 0 Å². The third kappa shape index (κ3) is 5.61. The normalized spacial score (nSPS) is 16.1. The summed E-state index contributed by atoms with van der Waals surface area (Å²) < 4.78 is 6.17. The molecule has 1 heteroatoms. The van der Waals surface area contributed by atoms with Gasteiger partial charge in [-0.15, -0.1) is 6.58 Å². The Balaban J connectivity index is 2.61. The van der Waals surface area contributed by atoms with Gasteiger partial charge in [-0.2, -0.15) is 0 Å². The van der Waals surface area contributed by atoms with Crippen LogP contribution < -0.4 is 0 Å². The summed E-state index contributed by atoms with van der Waals surface area (Å²) in [4.78, 5) is 0. The molecular formula is C18H28O. The van der Waals surface area contributed by atoms with Crippen molar-refractivity contribution in [3.05, 3.63) is 48.6 Å². The maximum absolute atomic E-state index is 6.17. The van der Waals surface area contributed by atoms with Crippen LogP contribution in [0.15, 0.2) is 43.0 Å². The Hall–Kier alpha value is -1.08. The van der Waals surface area contributed by atoms with E-state index in [0.29, 0.717) is 24.4 Å². The van der Waals surface area contributed by atoms with Crippen molar-refractivity contribution >= 4 is 0 Å². The van der Waals surface area contributed by atoms with E-state index < -0.39 is 0 Å². The van der Waals surface area contributed by atoms with Crippen molar-refractivity contribution in [3.63, 3.8) is 0 Å². The molecule has 0 aliphatic carbocycles. The molecule has 1 nitrogen and oxygen atoms in total. The van der Waals surface area contributed by atoms with Gasteiger partial charge < -0.3 is 4.74 Å². The molecule has 1 rings (SSSR count). The summed E-state index contributed by atoms with van der Waals surface area (Å²) >= 11 is 0. The van der Waals surface area contributed by atoms with Gasteiger partial charge in [0.25, 0.3) is 0 Å². The third-order valence-corrected chi connectivity index (χ3v) is 3.58. The first-order chi connectivity index (χ1) is 9.04. The van der Waals surface area contributed by atoms with Crippen molar-refractivity contribution in [1.82, 2.24) is 0 Å². The smallest absolute Gasteiger partial charge is 0.0721 e. The van der Waals surface area contributed by atoms with Gasteiger partial charge in [-0.25, -0.2) is 0 Å². The zero-order chi connectivity index (χ0) is 14.3. The van der Waals surface area contributed by atoms with Gasteiger partial charge in [0.05, 0.1) is 12.7 Å². The summed E-state index contributed by atoms with van der Waals surface area (Å²) in [6.45, 7) is 13.6. The van der Waals surface area contributed by atoms with Gasteiger partial charge in [-0.05, 0) is 23.8 Å². The first-order valence-electron chi connectivity index (χ1n) is 7.32. The molecule has 0 N–H and O–H groups in total. The maximum Gasteiger partial charge on any atom is 0.0721 e. The Bertz CT molecular complexity index is 355. The summed E-state index contributed by atoms with van der Waals surface area (Å²) in [5.74, 6) is 1.64. The number of benzene rings is 1. The van der Waals surface area contributed by atoms with Crippen molar-refractivity contribution in [2.75, 3.05) is 0 Å². The van der Waals surface area contributed by atoms with E-state index in [0.717, 1.165) is 0 Å². The van der Waals surface area contributed by atoms with Crippen molar-refractivity contribution in [1.29, 1.82) is 0 Å². The van der Waals surface area contributed by atoms with E-state index in [9.17, 15) is 0 Å². The SMILES string of the molecule is C=C[C@@H](C)[C@H](OCc1ccccc1)[C@@H](C)CC(C)C. The Morgan fingerprint density at radius 1 is 1.11 bits per heavy atom. The van der Waals surface area contributed by atoms with Crippen LogP contribution in [0.2, 0.25) is 0 Å². The van der Waals surface area contributed by atoms with Crippen LogP contribution in [0.1, 0.15) is 39.7 Å². The van der Waals surface area contributed by atoms with Crippen molar-refractivity contribution in [3.8, 4) is 0 Å². The zero-order valence-corrected chi connectivity index (χ0v) is 12.8. The van der Waals surface area contributed by atoms with Gasteiger partial charge in [0, 0.05) is 5.92 Å². The molecular weight excluding hydrogens is 232 g/mol. The van der Waals surface area contributed by atoms with Gasteiger partial charge >= 0.3 is 0 Å². The van der Waals surface area contributed by atoms with E-state index >= 15 is 0 Å². The average Bonchev–Trinajstić information content (AvgIpc) is 2.39. The molecule has 0 aliphatic heterocycles. The molecule has 0 fully saturated rings. The Labute approximate surface area is 118 Å². The van der Waals surface area contributed by atoms with Crippen LogP contribution >= 0.6 is 0 Å². The standard InChI is InChI=1S/C18H28O/c1-6-15(4)18(16(5)12-14(2)3)19-13-17-10-8-7-9-11-17/h6-11,14-16,18H,1,12-13H2,2-5H3/t15-,16+,18+/m1/s1. The summed E-state index contributed by atoms with van der Waals surface area (Å²) in [5.41, 5.74) is 1.24. The van der Waals surface area contributed by atoms with Crippen molar-refractivity contribution in [2.24, 2.45) is 17.8 Å². The maximum atomic E-state index is 6.17. The highest BCUT2D eigenvalue weighted by Gasteiger charge is 2.23. The molecule has 0 unspecified atom stereocenters. The summed E-state index contributed by atoms with van der Waals surface area (Å²) in [6, 6.07) is 10.4. The number of hydrogen-bond donors (Lipinski definition) is 0. The highest BCUT2D eigenvalue weighted by Crippen LogP contribution is 2.25. The van der Waals surface area contributed by atoms with E-state index in [1.807, 2.05) is 12.1 Å². The summed E-state index contributed by atoms with van der Waals surface area (Å²) in [5, 5.41) is 0. The van der Waals surface area contributed by atoms with E-state index in [1.54, 1.807) is 0 Å². The van der Waals surface area contributed by atoms with Crippen LogP contribution in [-0.4, -0.2) is 6.10 Å². The number of ether oxygens (including phenoxy) is 1. The molecule has 0 amide bonds. The Morgan fingerprint density at radius 2 is 1.74 bits per heavy atom. The molecule has 1 aromatic rings. The average molecular weight is 260 g/mol. The molecule has 0 saturated heterocycles. The second kappa shape index (κ2) is 8.16. The predicted octanol–water partition coefficient (Wildman–Crippen LogP) is 5.08. The Kier molecular flexibility index (Phi) is 6.86. The minimum atomic E-state index is 0.250. The van der Waals surface area contributed by atoms with E-state index in [-0.39, 0.29) is 6.10 Å². The second-order valence-electron chi connectivity index (χ2n) is 5.96. The lowest BCUT2D eigenvalue weighted by Gasteiger charge is -2.29. The highest BCUT2D eigenvalue weighted by molar-refractivity contribution is 5.13. The number of rotatable bonds is 8. The lowest BCUT2D eigenvalue weighted by atomic mass is 9.87. The van der Waals surface area contributed by atoms with Crippen molar-refractivity contribution in [2.45, 2.75) is 46.8 Å². The molecule has 0 aliphatic rings. The summed E-state index contributed by atoms with van der Waals surface area (Å²) in [6.07, 6.45) is 3.45. The molecule has 0 heterocycles. The molecule has 0 radical (unpaired) electrons. The molecule has 1 aromatic carbocycles. The fourth-order valence-electron chi connectivity index (χ4n) is 2.61. The molecule has 0 saturated carbocycles. The minimum absolute atomic E-state index is 0.250. The van der Waals surface area contributed by atoms with Crippen LogP contribution in [0, 0.1) is 17.8 Å². The topological polar surface area (TPSA) is 9.23 Å². The monoisotopic (exact) mass is 260 g/mol. The van der Waals surface area contributed by atoms with Crippen LogP contribution in [0.4, 0.5) is 0 Å². The summed E-state index contributed by atoms with van der Waals surface area (Å²) in [7, 11) is 0. The predicted molar refractivity (Wildman–Crippen MR) is 83.0 cm³/mol. The quantitative estimate of drug-likeness (QED) is 0.592. The highest BCUT2D eigenvalue weighted by atomic mass is 16.5. The molecule has 0 spiro atoms. The van der Waals surface area contributed by atoms with Crippen LogP contribution in [0.3, 0.4) is 0 Å². The first-order valence-corrected chi connectivity index (χ1v) is 7.32. The number of hydrogen-bond acceptors (Lipinski definition) is 1. The Morgan fingerprint density at radius 3 is 2.26 bits per heavy atom.